The maximum absolute atomic E-state index is 10.5. The summed E-state index contributed by atoms with van der Waals surface area (Å²) in [6.07, 6.45) is 0.317. The second kappa shape index (κ2) is 8.23. The number of imidazole rings is 1. The fraction of sp³-hybridized carbons (Fsp3) is 0.381. The summed E-state index contributed by atoms with van der Waals surface area (Å²) in [6.45, 7) is 5.96. The molecule has 0 amide bonds. The number of fused-ring (bicyclic) bond motifs is 1. The van der Waals surface area contributed by atoms with Crippen molar-refractivity contribution in [2.45, 2.75) is 39.5 Å². The zero-order chi connectivity index (χ0) is 18.5. The van der Waals surface area contributed by atoms with E-state index in [9.17, 15) is 5.11 Å². The molecule has 0 spiro atoms. The van der Waals surface area contributed by atoms with E-state index in [1.807, 2.05) is 30.3 Å². The number of hydrogen-bond acceptors (Lipinski definition) is 3. The molecular formula is C21H27N2O3+. The van der Waals surface area contributed by atoms with Crippen molar-refractivity contribution in [2.75, 3.05) is 13.7 Å². The number of aliphatic hydroxyl groups excluding tert-OH is 1. The Morgan fingerprint density at radius 2 is 1.73 bits per heavy atom. The van der Waals surface area contributed by atoms with Crippen LogP contribution in [0.1, 0.15) is 19.7 Å². The maximum atomic E-state index is 10.5. The fourth-order valence-electron chi connectivity index (χ4n) is 3.41. The minimum atomic E-state index is -0.594. The van der Waals surface area contributed by atoms with Crippen LogP contribution in [-0.2, 0) is 19.5 Å². The van der Waals surface area contributed by atoms with E-state index in [0.29, 0.717) is 6.54 Å². The monoisotopic (exact) mass is 355 g/mol. The molecule has 0 bridgehead atoms. The SMILES string of the molecule is CCc1n(CC)c2ccccc2[n+]1CC(O)COc1ccc(OC)cc1. The first-order valence-electron chi connectivity index (χ1n) is 9.12. The van der Waals surface area contributed by atoms with Crippen molar-refractivity contribution in [3.05, 3.63) is 54.4 Å². The Morgan fingerprint density at radius 3 is 2.38 bits per heavy atom. The number of rotatable bonds is 8. The van der Waals surface area contributed by atoms with Crippen LogP contribution in [0.3, 0.4) is 0 Å². The molecule has 1 N–H and O–H groups in total. The molecule has 0 aliphatic carbocycles. The van der Waals surface area contributed by atoms with Gasteiger partial charge in [-0.2, -0.15) is 0 Å². The summed E-state index contributed by atoms with van der Waals surface area (Å²) in [5.74, 6) is 2.73. The van der Waals surface area contributed by atoms with Gasteiger partial charge in [0, 0.05) is 6.42 Å². The van der Waals surface area contributed by atoms with Gasteiger partial charge in [0.2, 0.25) is 0 Å². The number of ether oxygens (including phenoxy) is 2. The van der Waals surface area contributed by atoms with Crippen molar-refractivity contribution in [3.8, 4) is 11.5 Å². The predicted octanol–water partition coefficient (Wildman–Crippen LogP) is 2.96. The number of hydrogen-bond donors (Lipinski definition) is 1. The first kappa shape index (κ1) is 18.3. The van der Waals surface area contributed by atoms with Crippen molar-refractivity contribution in [2.24, 2.45) is 0 Å². The van der Waals surface area contributed by atoms with Crippen LogP contribution >= 0.6 is 0 Å². The van der Waals surface area contributed by atoms with Crippen LogP contribution in [0.2, 0.25) is 0 Å². The molecule has 0 fully saturated rings. The Balaban J connectivity index is 1.75. The number of aliphatic hydroxyl groups is 1. The van der Waals surface area contributed by atoms with E-state index in [1.54, 1.807) is 7.11 Å². The van der Waals surface area contributed by atoms with E-state index >= 15 is 0 Å². The van der Waals surface area contributed by atoms with Gasteiger partial charge >= 0.3 is 0 Å². The number of para-hydroxylation sites is 2. The normalized spacial score (nSPS) is 12.3. The average Bonchev–Trinajstić information content (AvgIpc) is 2.99. The van der Waals surface area contributed by atoms with Crippen LogP contribution in [0, 0.1) is 0 Å². The smallest absolute Gasteiger partial charge is 0.257 e. The molecule has 1 aromatic heterocycles. The number of aryl methyl sites for hydroxylation is 1. The number of methoxy groups -OCH3 is 1. The zero-order valence-electron chi connectivity index (χ0n) is 15.7. The highest BCUT2D eigenvalue weighted by molar-refractivity contribution is 5.72. The molecule has 138 valence electrons. The number of aromatic nitrogens is 2. The van der Waals surface area contributed by atoms with Crippen LogP contribution in [0.15, 0.2) is 48.5 Å². The highest BCUT2D eigenvalue weighted by atomic mass is 16.5. The summed E-state index contributed by atoms with van der Waals surface area (Å²) in [5.41, 5.74) is 2.35. The van der Waals surface area contributed by atoms with Crippen LogP contribution in [-0.4, -0.2) is 29.5 Å². The summed E-state index contributed by atoms with van der Waals surface area (Å²) >= 11 is 0. The van der Waals surface area contributed by atoms with Gasteiger partial charge in [0.1, 0.15) is 30.8 Å². The van der Waals surface area contributed by atoms with E-state index < -0.39 is 6.10 Å². The molecule has 5 heteroatoms. The van der Waals surface area contributed by atoms with E-state index in [-0.39, 0.29) is 6.61 Å². The summed E-state index contributed by atoms with van der Waals surface area (Å²) in [6, 6.07) is 15.7. The van der Waals surface area contributed by atoms with Gasteiger partial charge < -0.3 is 14.6 Å². The molecule has 0 aliphatic rings. The van der Waals surface area contributed by atoms with Gasteiger partial charge in [0.15, 0.2) is 11.0 Å². The zero-order valence-corrected chi connectivity index (χ0v) is 15.7. The Bertz CT molecular complexity index is 856. The summed E-state index contributed by atoms with van der Waals surface area (Å²) < 4.78 is 15.4. The Labute approximate surface area is 154 Å². The van der Waals surface area contributed by atoms with Crippen LogP contribution in [0.25, 0.3) is 11.0 Å². The van der Waals surface area contributed by atoms with E-state index in [1.165, 1.54) is 11.3 Å². The van der Waals surface area contributed by atoms with Crippen LogP contribution in [0.5, 0.6) is 11.5 Å². The van der Waals surface area contributed by atoms with Gasteiger partial charge in [-0.05, 0) is 43.3 Å². The van der Waals surface area contributed by atoms with Gasteiger partial charge in [-0.1, -0.05) is 19.1 Å². The molecule has 0 aliphatic heterocycles. The number of nitrogens with zero attached hydrogens (tertiary/aromatic N) is 2. The van der Waals surface area contributed by atoms with Gasteiger partial charge in [-0.3, -0.25) is 0 Å². The Hall–Kier alpha value is -2.53. The lowest BCUT2D eigenvalue weighted by atomic mass is 10.3. The van der Waals surface area contributed by atoms with Crippen molar-refractivity contribution >= 4 is 11.0 Å². The molecule has 26 heavy (non-hydrogen) atoms. The highest BCUT2D eigenvalue weighted by Crippen LogP contribution is 2.18. The lowest BCUT2D eigenvalue weighted by Crippen LogP contribution is -2.44. The second-order valence-electron chi connectivity index (χ2n) is 6.25. The third-order valence-corrected chi connectivity index (χ3v) is 4.61. The largest absolute Gasteiger partial charge is 0.497 e. The predicted molar refractivity (Wildman–Crippen MR) is 102 cm³/mol. The lowest BCUT2D eigenvalue weighted by Gasteiger charge is -2.12. The van der Waals surface area contributed by atoms with Crippen molar-refractivity contribution in [1.82, 2.24) is 4.57 Å². The number of benzene rings is 2. The topological polar surface area (TPSA) is 47.5 Å². The van der Waals surface area contributed by atoms with Gasteiger partial charge in [0.05, 0.1) is 13.7 Å². The van der Waals surface area contributed by atoms with Crippen molar-refractivity contribution < 1.29 is 19.1 Å². The molecule has 1 unspecified atom stereocenters. The lowest BCUT2D eigenvalue weighted by molar-refractivity contribution is -0.686. The molecule has 1 heterocycles. The average molecular weight is 355 g/mol. The standard InChI is InChI=1S/C21H27N2O3/c1-4-21-22(5-2)19-8-6-7-9-20(19)23(21)14-16(24)15-26-18-12-10-17(25-3)11-13-18/h6-13,16,24H,4-5,14-15H2,1-3H3/q+1. The quantitative estimate of drug-likeness (QED) is 0.632. The Kier molecular flexibility index (Phi) is 5.78. The van der Waals surface area contributed by atoms with Gasteiger partial charge in [-0.15, -0.1) is 0 Å². The molecule has 1 atom stereocenters. The van der Waals surface area contributed by atoms with Gasteiger partial charge in [-0.25, -0.2) is 9.13 Å². The second-order valence-corrected chi connectivity index (χ2v) is 6.25. The van der Waals surface area contributed by atoms with Gasteiger partial charge in [0.25, 0.3) is 5.82 Å². The Morgan fingerprint density at radius 1 is 1.04 bits per heavy atom. The molecular weight excluding hydrogens is 328 g/mol. The van der Waals surface area contributed by atoms with Crippen LogP contribution in [0.4, 0.5) is 0 Å². The van der Waals surface area contributed by atoms with Crippen molar-refractivity contribution in [1.29, 1.82) is 0 Å². The third-order valence-electron chi connectivity index (χ3n) is 4.61. The highest BCUT2D eigenvalue weighted by Gasteiger charge is 2.24. The molecule has 5 nitrogen and oxygen atoms in total. The molecule has 3 aromatic rings. The first-order chi connectivity index (χ1) is 12.7. The van der Waals surface area contributed by atoms with Crippen molar-refractivity contribution in [3.63, 3.8) is 0 Å². The molecule has 0 saturated carbocycles. The fourth-order valence-corrected chi connectivity index (χ4v) is 3.41. The van der Waals surface area contributed by atoms with E-state index in [0.717, 1.165) is 30.0 Å². The third kappa shape index (κ3) is 3.68. The maximum Gasteiger partial charge on any atom is 0.257 e. The molecule has 3 rings (SSSR count). The van der Waals surface area contributed by atoms with E-state index in [2.05, 4.69) is 41.2 Å². The minimum Gasteiger partial charge on any atom is -0.497 e. The molecule has 2 aromatic carbocycles. The summed E-state index contributed by atoms with van der Waals surface area (Å²) in [5, 5.41) is 10.5. The molecule has 0 saturated heterocycles. The minimum absolute atomic E-state index is 0.244. The summed E-state index contributed by atoms with van der Waals surface area (Å²) in [7, 11) is 1.63. The van der Waals surface area contributed by atoms with E-state index in [4.69, 9.17) is 9.47 Å². The summed E-state index contributed by atoms with van der Waals surface area (Å²) in [4.78, 5) is 0. The van der Waals surface area contributed by atoms with Crippen LogP contribution < -0.4 is 14.0 Å². The first-order valence-corrected chi connectivity index (χ1v) is 9.12. The molecule has 0 radical (unpaired) electrons.